The molecule has 0 saturated heterocycles. The first-order valence-electron chi connectivity index (χ1n) is 14.4. The van der Waals surface area contributed by atoms with Crippen molar-refractivity contribution in [2.45, 2.75) is 69.5 Å². The van der Waals surface area contributed by atoms with Crippen LogP contribution in [-0.2, 0) is 26.2 Å². The number of sulfonamides is 1. The van der Waals surface area contributed by atoms with Gasteiger partial charge in [0.2, 0.25) is 11.8 Å². The van der Waals surface area contributed by atoms with Crippen molar-refractivity contribution in [3.05, 3.63) is 86.3 Å². The molecule has 0 heterocycles. The van der Waals surface area contributed by atoms with Crippen LogP contribution >= 0.6 is 39.1 Å². The summed E-state index contributed by atoms with van der Waals surface area (Å²) in [6.45, 7) is 3.15. The molecule has 1 N–H and O–H groups in total. The molecule has 0 aliphatic heterocycles. The van der Waals surface area contributed by atoms with E-state index >= 15 is 0 Å². The van der Waals surface area contributed by atoms with Gasteiger partial charge in [-0.25, -0.2) is 8.42 Å². The Balaban J connectivity index is 1.74. The summed E-state index contributed by atoms with van der Waals surface area (Å²) in [5, 5.41) is 3.88. The van der Waals surface area contributed by atoms with E-state index in [4.69, 9.17) is 27.9 Å². The smallest absolute Gasteiger partial charge is 0.264 e. The number of anilines is 1. The van der Waals surface area contributed by atoms with Crippen molar-refractivity contribution >= 4 is 66.7 Å². The van der Waals surface area contributed by atoms with Crippen molar-refractivity contribution in [3.8, 4) is 5.75 Å². The van der Waals surface area contributed by atoms with Crippen LogP contribution in [0.4, 0.5) is 5.69 Å². The summed E-state index contributed by atoms with van der Waals surface area (Å²) in [6, 6.07) is 15.4. The molecule has 2 amide bonds. The molecule has 12 heteroatoms. The molecule has 8 nitrogen and oxygen atoms in total. The van der Waals surface area contributed by atoms with Gasteiger partial charge in [-0.15, -0.1) is 0 Å². The van der Waals surface area contributed by atoms with Crippen LogP contribution in [0.2, 0.25) is 10.0 Å². The molecule has 1 saturated carbocycles. The number of hydrogen-bond acceptors (Lipinski definition) is 5. The maximum atomic E-state index is 14.3. The number of halogens is 3. The number of amides is 2. The number of nitrogens with zero attached hydrogens (tertiary/aromatic N) is 2. The molecule has 0 bridgehead atoms. The number of benzene rings is 3. The van der Waals surface area contributed by atoms with Crippen molar-refractivity contribution in [1.82, 2.24) is 10.2 Å². The zero-order valence-corrected chi connectivity index (χ0v) is 28.8. The Bertz CT molecular complexity index is 1600. The average Bonchev–Trinajstić information content (AvgIpc) is 3.50. The number of methoxy groups -OCH3 is 1. The minimum Gasteiger partial charge on any atom is -0.496 e. The van der Waals surface area contributed by atoms with Crippen LogP contribution in [0, 0.1) is 6.92 Å². The van der Waals surface area contributed by atoms with E-state index in [0.717, 1.165) is 35.6 Å². The van der Waals surface area contributed by atoms with Gasteiger partial charge < -0.3 is 15.0 Å². The van der Waals surface area contributed by atoms with Gasteiger partial charge in [0.25, 0.3) is 10.0 Å². The normalized spacial score (nSPS) is 14.2. The summed E-state index contributed by atoms with van der Waals surface area (Å²) in [5.74, 6) is -0.366. The van der Waals surface area contributed by atoms with E-state index in [0.29, 0.717) is 37.9 Å². The lowest BCUT2D eigenvalue weighted by molar-refractivity contribution is -0.140. The highest BCUT2D eigenvalue weighted by Gasteiger charge is 2.35. The van der Waals surface area contributed by atoms with E-state index in [2.05, 4.69) is 21.2 Å². The van der Waals surface area contributed by atoms with Gasteiger partial charge in [-0.1, -0.05) is 66.7 Å². The zero-order valence-electron chi connectivity index (χ0n) is 24.9. The quantitative estimate of drug-likeness (QED) is 0.214. The predicted octanol–water partition coefficient (Wildman–Crippen LogP) is 7.13. The molecule has 0 unspecified atom stereocenters. The van der Waals surface area contributed by atoms with Crippen LogP contribution in [0.15, 0.2) is 70.0 Å². The molecular weight excluding hydrogens is 689 g/mol. The Labute approximate surface area is 277 Å². The van der Waals surface area contributed by atoms with Crippen LogP contribution in [0.1, 0.15) is 50.2 Å². The third-order valence-electron chi connectivity index (χ3n) is 7.76. The fourth-order valence-electron chi connectivity index (χ4n) is 5.30. The fourth-order valence-corrected chi connectivity index (χ4v) is 7.90. The second-order valence-corrected chi connectivity index (χ2v) is 14.4. The molecule has 1 fully saturated rings. The van der Waals surface area contributed by atoms with Crippen LogP contribution in [0.5, 0.6) is 5.75 Å². The van der Waals surface area contributed by atoms with Crippen molar-refractivity contribution in [3.63, 3.8) is 0 Å². The minimum atomic E-state index is -4.24. The molecule has 3 aromatic rings. The summed E-state index contributed by atoms with van der Waals surface area (Å²) in [7, 11) is -2.76. The molecule has 0 spiro atoms. The highest BCUT2D eigenvalue weighted by Crippen LogP contribution is 2.32. The Morgan fingerprint density at radius 1 is 1.05 bits per heavy atom. The summed E-state index contributed by atoms with van der Waals surface area (Å²) in [4.78, 5) is 29.3. The summed E-state index contributed by atoms with van der Waals surface area (Å²) >= 11 is 16.0. The van der Waals surface area contributed by atoms with Crippen molar-refractivity contribution in [2.24, 2.45) is 0 Å². The first kappa shape index (κ1) is 34.1. The lowest BCUT2D eigenvalue weighted by Crippen LogP contribution is -2.53. The fraction of sp³-hybridized carbons (Fsp3) is 0.375. The van der Waals surface area contributed by atoms with Crippen LogP contribution in [0.3, 0.4) is 0 Å². The summed E-state index contributed by atoms with van der Waals surface area (Å²) in [5.41, 5.74) is 1.82. The van der Waals surface area contributed by atoms with E-state index in [1.54, 1.807) is 48.5 Å². The molecule has 1 aliphatic rings. The van der Waals surface area contributed by atoms with E-state index < -0.39 is 28.5 Å². The lowest BCUT2D eigenvalue weighted by Gasteiger charge is -2.34. The Morgan fingerprint density at radius 2 is 1.73 bits per heavy atom. The summed E-state index contributed by atoms with van der Waals surface area (Å²) in [6.07, 6.45) is 4.16. The minimum absolute atomic E-state index is 0.0126. The highest BCUT2D eigenvalue weighted by molar-refractivity contribution is 9.10. The second kappa shape index (κ2) is 15.0. The molecule has 0 aromatic heterocycles. The van der Waals surface area contributed by atoms with Gasteiger partial charge in [0.1, 0.15) is 18.3 Å². The van der Waals surface area contributed by atoms with Gasteiger partial charge in [-0.3, -0.25) is 13.9 Å². The van der Waals surface area contributed by atoms with E-state index in [9.17, 15) is 18.0 Å². The highest BCUT2D eigenvalue weighted by atomic mass is 79.9. The predicted molar refractivity (Wildman–Crippen MR) is 178 cm³/mol. The number of nitrogens with one attached hydrogen (secondary N) is 1. The maximum absolute atomic E-state index is 14.3. The zero-order chi connectivity index (χ0) is 32.0. The molecule has 44 heavy (non-hydrogen) atoms. The van der Waals surface area contributed by atoms with Crippen LogP contribution in [-0.4, -0.2) is 50.9 Å². The molecule has 0 radical (unpaired) electrons. The van der Waals surface area contributed by atoms with Gasteiger partial charge in [0, 0.05) is 22.6 Å². The summed E-state index contributed by atoms with van der Waals surface area (Å²) < 4.78 is 35.1. The van der Waals surface area contributed by atoms with E-state index in [1.165, 1.54) is 24.1 Å². The Kier molecular flexibility index (Phi) is 11.6. The number of ether oxygens (including phenoxy) is 1. The van der Waals surface area contributed by atoms with Gasteiger partial charge >= 0.3 is 0 Å². The number of carbonyl (C=O) groups is 2. The van der Waals surface area contributed by atoms with Crippen molar-refractivity contribution in [2.75, 3.05) is 18.0 Å². The molecule has 4 rings (SSSR count). The second-order valence-electron chi connectivity index (χ2n) is 10.8. The molecule has 236 valence electrons. The monoisotopic (exact) mass is 723 g/mol. The van der Waals surface area contributed by atoms with E-state index in [1.807, 2.05) is 13.8 Å². The average molecular weight is 726 g/mol. The Hall–Kier alpha value is -2.79. The molecule has 1 aliphatic carbocycles. The topological polar surface area (TPSA) is 96.0 Å². The van der Waals surface area contributed by atoms with Gasteiger partial charge in [-0.2, -0.15) is 0 Å². The van der Waals surface area contributed by atoms with Gasteiger partial charge in [-0.05, 0) is 90.1 Å². The van der Waals surface area contributed by atoms with Crippen LogP contribution < -0.4 is 14.4 Å². The van der Waals surface area contributed by atoms with Crippen molar-refractivity contribution < 1.29 is 22.7 Å². The van der Waals surface area contributed by atoms with Crippen molar-refractivity contribution in [1.29, 1.82) is 0 Å². The van der Waals surface area contributed by atoms with E-state index in [-0.39, 0.29) is 23.4 Å². The number of rotatable bonds is 12. The largest absolute Gasteiger partial charge is 0.496 e. The number of carbonyl (C=O) groups excluding carboxylic acids is 2. The molecule has 1 atom stereocenters. The maximum Gasteiger partial charge on any atom is 0.264 e. The lowest BCUT2D eigenvalue weighted by atomic mass is 10.1. The molecule has 3 aromatic carbocycles. The molecular formula is C32H36BrCl2N3O5S. The standard InChI is InChI=1S/C32H36BrCl2N3O5S/c1-4-29(32(40)36-24-7-5-6-8-24)37(19-22-11-12-23(34)17-28(22)35)31(39)20-38(25-13-9-21(2)10-14-25)44(41,42)26-15-16-30(43-3)27(33)18-26/h9-18,24,29H,4-8,19-20H2,1-3H3,(H,36,40)/t29-/m1/s1. The first-order chi connectivity index (χ1) is 20.9. The van der Waals surface area contributed by atoms with Gasteiger partial charge in [0.05, 0.1) is 22.2 Å². The SMILES string of the molecule is CC[C@H](C(=O)NC1CCCC1)N(Cc1ccc(Cl)cc1Cl)C(=O)CN(c1ccc(C)cc1)S(=O)(=O)c1ccc(OC)c(Br)c1. The number of hydrogen-bond donors (Lipinski definition) is 1. The third-order valence-corrected chi connectivity index (χ3v) is 10.7. The van der Waals surface area contributed by atoms with Crippen LogP contribution in [0.25, 0.3) is 0 Å². The van der Waals surface area contributed by atoms with Gasteiger partial charge in [0.15, 0.2) is 0 Å². The first-order valence-corrected chi connectivity index (χ1v) is 17.4. The third kappa shape index (κ3) is 8.07. The number of aryl methyl sites for hydroxylation is 1. The Morgan fingerprint density at radius 3 is 2.32 bits per heavy atom.